The summed E-state index contributed by atoms with van der Waals surface area (Å²) in [4.78, 5) is 13.5. The van der Waals surface area contributed by atoms with Gasteiger partial charge in [-0.1, -0.05) is 12.1 Å². The van der Waals surface area contributed by atoms with Crippen molar-refractivity contribution in [3.63, 3.8) is 0 Å². The average Bonchev–Trinajstić information content (AvgIpc) is 2.53. The van der Waals surface area contributed by atoms with Gasteiger partial charge in [0.2, 0.25) is 0 Å². The number of benzene rings is 1. The van der Waals surface area contributed by atoms with Crippen LogP contribution in [0.15, 0.2) is 24.3 Å². The minimum absolute atomic E-state index is 0.0318. The minimum atomic E-state index is -6.55. The average molecular weight is 390 g/mol. The van der Waals surface area contributed by atoms with Crippen LogP contribution in [0.5, 0.6) is 0 Å². The zero-order valence-electron chi connectivity index (χ0n) is 13.2. The Morgan fingerprint density at radius 2 is 1.54 bits per heavy atom. The molecule has 11 heteroatoms. The molecule has 0 aliphatic carbocycles. The topological polar surface area (TPSA) is 23.6 Å². The van der Waals surface area contributed by atoms with E-state index in [0.29, 0.717) is 5.56 Å². The van der Waals surface area contributed by atoms with Gasteiger partial charge in [0, 0.05) is 32.7 Å². The lowest BCUT2D eigenvalue weighted by atomic mass is 10.1. The van der Waals surface area contributed by atoms with E-state index in [1.165, 1.54) is 18.2 Å². The van der Waals surface area contributed by atoms with Gasteiger partial charge in [0.05, 0.1) is 0 Å². The van der Waals surface area contributed by atoms with Crippen LogP contribution < -0.4 is 0 Å². The number of rotatable bonds is 4. The van der Waals surface area contributed by atoms with Crippen LogP contribution in [-0.2, 0) is 11.3 Å². The lowest BCUT2D eigenvalue weighted by molar-refractivity contribution is -0.346. The number of piperazine rings is 1. The molecule has 1 aromatic rings. The van der Waals surface area contributed by atoms with E-state index < -0.39 is 42.8 Å². The number of carbonyl (C=O) groups excluding carboxylic acids is 1. The van der Waals surface area contributed by atoms with Gasteiger partial charge >= 0.3 is 18.0 Å². The van der Waals surface area contributed by atoms with Gasteiger partial charge < -0.3 is 4.90 Å². The standard InChI is InChI=1S/C15H14F8N2O/c16-11-3-1-2-10(8-11)9-24-4-6-25(7-5-24)12(26)13(17,18)14(19,20)15(21,22)23/h1-3,8H,4-7,9H2. The van der Waals surface area contributed by atoms with Crippen molar-refractivity contribution >= 4 is 5.91 Å². The maximum absolute atomic E-state index is 13.4. The molecular formula is C15H14F8N2O. The molecule has 1 aliphatic rings. The molecule has 0 radical (unpaired) electrons. The first kappa shape index (κ1) is 20.4. The number of nitrogens with zero attached hydrogens (tertiary/aromatic N) is 2. The Bertz CT molecular complexity index is 653. The fraction of sp³-hybridized carbons (Fsp3) is 0.533. The third kappa shape index (κ3) is 3.92. The second-order valence-electron chi connectivity index (χ2n) is 5.84. The first-order valence-electron chi connectivity index (χ1n) is 7.45. The summed E-state index contributed by atoms with van der Waals surface area (Å²) in [6, 6.07) is 5.54. The van der Waals surface area contributed by atoms with E-state index in [4.69, 9.17) is 0 Å². The normalized spacial score (nSPS) is 17.5. The van der Waals surface area contributed by atoms with Crippen LogP contribution in [0.2, 0.25) is 0 Å². The fourth-order valence-corrected chi connectivity index (χ4v) is 2.51. The van der Waals surface area contributed by atoms with E-state index in [0.717, 1.165) is 0 Å². The first-order chi connectivity index (χ1) is 11.9. The van der Waals surface area contributed by atoms with E-state index in [1.807, 2.05) is 0 Å². The Balaban J connectivity index is 1.99. The summed E-state index contributed by atoms with van der Waals surface area (Å²) >= 11 is 0. The lowest BCUT2D eigenvalue weighted by Crippen LogP contribution is -2.62. The zero-order valence-corrected chi connectivity index (χ0v) is 13.2. The van der Waals surface area contributed by atoms with Crippen molar-refractivity contribution in [1.29, 1.82) is 0 Å². The van der Waals surface area contributed by atoms with Crippen LogP contribution in [0.3, 0.4) is 0 Å². The zero-order chi connectivity index (χ0) is 19.8. The Labute approximate surface area is 143 Å². The molecular weight excluding hydrogens is 376 g/mol. The fourth-order valence-electron chi connectivity index (χ4n) is 2.51. The predicted octanol–water partition coefficient (Wildman–Crippen LogP) is 3.30. The van der Waals surface area contributed by atoms with Crippen LogP contribution in [0.4, 0.5) is 35.1 Å². The molecule has 1 heterocycles. The predicted molar refractivity (Wildman–Crippen MR) is 74.2 cm³/mol. The number of alkyl halides is 7. The maximum atomic E-state index is 13.4. The van der Waals surface area contributed by atoms with Crippen molar-refractivity contribution < 1.29 is 39.9 Å². The van der Waals surface area contributed by atoms with Crippen molar-refractivity contribution in [2.45, 2.75) is 24.6 Å². The number of carbonyl (C=O) groups is 1. The van der Waals surface area contributed by atoms with E-state index in [1.54, 1.807) is 11.0 Å². The van der Waals surface area contributed by atoms with E-state index >= 15 is 0 Å². The molecule has 0 atom stereocenters. The molecule has 0 bridgehead atoms. The second-order valence-corrected chi connectivity index (χ2v) is 5.84. The summed E-state index contributed by atoms with van der Waals surface area (Å²) in [5.41, 5.74) is 0.568. The maximum Gasteiger partial charge on any atom is 0.460 e. The van der Waals surface area contributed by atoms with Crippen LogP contribution in [0, 0.1) is 5.82 Å². The highest BCUT2D eigenvalue weighted by atomic mass is 19.4. The highest BCUT2D eigenvalue weighted by Gasteiger charge is 2.76. The van der Waals surface area contributed by atoms with Crippen molar-refractivity contribution in [2.24, 2.45) is 0 Å². The van der Waals surface area contributed by atoms with Gasteiger partial charge in [-0.25, -0.2) is 4.39 Å². The summed E-state index contributed by atoms with van der Waals surface area (Å²) in [5.74, 6) is -15.4. The number of hydrogen-bond donors (Lipinski definition) is 0. The van der Waals surface area contributed by atoms with Crippen molar-refractivity contribution in [3.8, 4) is 0 Å². The number of hydrogen-bond acceptors (Lipinski definition) is 2. The van der Waals surface area contributed by atoms with E-state index in [-0.39, 0.29) is 24.5 Å². The third-order valence-corrected chi connectivity index (χ3v) is 3.97. The Kier molecular flexibility index (Phi) is 5.50. The smallest absolute Gasteiger partial charge is 0.335 e. The molecule has 0 spiro atoms. The van der Waals surface area contributed by atoms with Gasteiger partial charge in [-0.15, -0.1) is 0 Å². The summed E-state index contributed by atoms with van der Waals surface area (Å²) < 4.78 is 102. The highest BCUT2D eigenvalue weighted by molar-refractivity contribution is 5.85. The Hall–Kier alpha value is -1.91. The van der Waals surface area contributed by atoms with Crippen LogP contribution >= 0.6 is 0 Å². The molecule has 0 unspecified atom stereocenters. The summed E-state index contributed by atoms with van der Waals surface area (Å²) in [6.45, 7) is -0.740. The lowest BCUT2D eigenvalue weighted by Gasteiger charge is -2.37. The van der Waals surface area contributed by atoms with Crippen LogP contribution in [-0.4, -0.2) is 59.9 Å². The van der Waals surface area contributed by atoms with Crippen molar-refractivity contribution in [1.82, 2.24) is 9.80 Å². The molecule has 0 N–H and O–H groups in total. The van der Waals surface area contributed by atoms with Gasteiger partial charge in [-0.2, -0.15) is 30.7 Å². The number of amides is 1. The monoisotopic (exact) mass is 390 g/mol. The summed E-state index contributed by atoms with van der Waals surface area (Å²) in [6.07, 6.45) is -6.55. The van der Waals surface area contributed by atoms with E-state index in [2.05, 4.69) is 0 Å². The molecule has 1 amide bonds. The molecule has 1 aromatic carbocycles. The van der Waals surface area contributed by atoms with Gasteiger partial charge in [-0.05, 0) is 17.7 Å². The summed E-state index contributed by atoms with van der Waals surface area (Å²) in [7, 11) is 0. The first-order valence-corrected chi connectivity index (χ1v) is 7.45. The van der Waals surface area contributed by atoms with Crippen LogP contribution in [0.25, 0.3) is 0 Å². The molecule has 1 fully saturated rings. The second kappa shape index (κ2) is 7.01. The summed E-state index contributed by atoms with van der Waals surface area (Å²) in [5, 5.41) is 0. The highest BCUT2D eigenvalue weighted by Crippen LogP contribution is 2.47. The molecule has 2 rings (SSSR count). The molecule has 1 aliphatic heterocycles. The molecule has 3 nitrogen and oxygen atoms in total. The van der Waals surface area contributed by atoms with Gasteiger partial charge in [0.15, 0.2) is 0 Å². The van der Waals surface area contributed by atoms with Crippen molar-refractivity contribution in [2.75, 3.05) is 26.2 Å². The molecule has 146 valence electrons. The van der Waals surface area contributed by atoms with Gasteiger partial charge in [0.1, 0.15) is 5.82 Å². The quantitative estimate of drug-likeness (QED) is 0.737. The van der Waals surface area contributed by atoms with E-state index in [9.17, 15) is 39.9 Å². The van der Waals surface area contributed by atoms with Gasteiger partial charge in [-0.3, -0.25) is 9.69 Å². The minimum Gasteiger partial charge on any atom is -0.335 e. The molecule has 1 saturated heterocycles. The SMILES string of the molecule is O=C(N1CCN(Cc2cccc(F)c2)CC1)C(F)(F)C(F)(F)C(F)(F)F. The largest absolute Gasteiger partial charge is 0.460 e. The molecule has 0 saturated carbocycles. The molecule has 0 aromatic heterocycles. The van der Waals surface area contributed by atoms with Gasteiger partial charge in [0.25, 0.3) is 5.91 Å². The van der Waals surface area contributed by atoms with Crippen molar-refractivity contribution in [3.05, 3.63) is 35.6 Å². The molecule has 26 heavy (non-hydrogen) atoms. The Morgan fingerprint density at radius 3 is 2.04 bits per heavy atom. The third-order valence-electron chi connectivity index (χ3n) is 3.97. The Morgan fingerprint density at radius 1 is 0.962 bits per heavy atom. The van der Waals surface area contributed by atoms with Crippen LogP contribution in [0.1, 0.15) is 5.56 Å². The number of halogens is 8.